The third kappa shape index (κ3) is 4.83. The molecule has 33 heavy (non-hydrogen) atoms. The summed E-state index contributed by atoms with van der Waals surface area (Å²) in [4.78, 5) is 0. The predicted molar refractivity (Wildman–Crippen MR) is 127 cm³/mol. The summed E-state index contributed by atoms with van der Waals surface area (Å²) in [7, 11) is -3.77. The van der Waals surface area contributed by atoms with Crippen molar-refractivity contribution < 1.29 is 8.42 Å². The maximum atomic E-state index is 12.7. The summed E-state index contributed by atoms with van der Waals surface area (Å²) in [5.74, 6) is 0.811. The molecule has 1 aliphatic rings. The average molecular weight is 467 g/mol. The highest BCUT2D eigenvalue weighted by Crippen LogP contribution is 2.30. The van der Waals surface area contributed by atoms with Gasteiger partial charge in [-0.1, -0.05) is 68.4 Å². The number of aromatic nitrogens is 4. The van der Waals surface area contributed by atoms with Gasteiger partial charge in [-0.25, -0.2) is 5.01 Å². The fraction of sp³-hybridized carbons (Fsp3) is 0.318. The van der Waals surface area contributed by atoms with Gasteiger partial charge in [-0.2, -0.15) is 23.0 Å². The van der Waals surface area contributed by atoms with Crippen molar-refractivity contribution in [1.29, 1.82) is 0 Å². The van der Waals surface area contributed by atoms with E-state index in [1.54, 1.807) is 25.8 Å². The number of hydrazone groups is 1. The van der Waals surface area contributed by atoms with Crippen molar-refractivity contribution in [2.45, 2.75) is 26.7 Å². The summed E-state index contributed by atoms with van der Waals surface area (Å²) in [5, 5.41) is 20.5. The third-order valence-electron chi connectivity index (χ3n) is 5.55. The van der Waals surface area contributed by atoms with Crippen molar-refractivity contribution in [3.05, 3.63) is 65.7 Å². The van der Waals surface area contributed by atoms with Crippen molar-refractivity contribution in [1.82, 2.24) is 29.9 Å². The van der Waals surface area contributed by atoms with Gasteiger partial charge in [0, 0.05) is 24.6 Å². The molecule has 1 atom stereocenters. The van der Waals surface area contributed by atoms with Gasteiger partial charge in [0.05, 0.1) is 12.3 Å². The molecule has 4 rings (SSSR count). The van der Waals surface area contributed by atoms with Crippen molar-refractivity contribution in [2.24, 2.45) is 9.50 Å². The molecule has 172 valence electrons. The minimum atomic E-state index is -3.77. The molecule has 0 fully saturated rings. The number of nitrogens with one attached hydrogen (secondary N) is 1. The second-order valence-corrected chi connectivity index (χ2v) is 9.14. The lowest BCUT2D eigenvalue weighted by molar-refractivity contribution is 0.442. The van der Waals surface area contributed by atoms with Crippen LogP contribution in [0.5, 0.6) is 0 Å². The van der Waals surface area contributed by atoms with Gasteiger partial charge in [0.1, 0.15) is 5.84 Å². The van der Waals surface area contributed by atoms with Crippen LogP contribution in [0.3, 0.4) is 0 Å². The lowest BCUT2D eigenvalue weighted by Gasteiger charge is -2.18. The number of hydrogen-bond donors (Lipinski definition) is 1. The lowest BCUT2D eigenvalue weighted by Crippen LogP contribution is -2.32. The summed E-state index contributed by atoms with van der Waals surface area (Å²) in [5.41, 5.74) is 3.70. The quantitative estimate of drug-likeness (QED) is 0.422. The molecular formula is C22H26N8O2S. The number of rotatable bonds is 7. The molecule has 0 radical (unpaired) electrons. The van der Waals surface area contributed by atoms with Crippen LogP contribution in [0.15, 0.2) is 64.1 Å². The zero-order valence-electron chi connectivity index (χ0n) is 18.8. The van der Waals surface area contributed by atoms with E-state index in [4.69, 9.17) is 5.10 Å². The molecule has 0 spiro atoms. The highest BCUT2D eigenvalue weighted by atomic mass is 32.2. The predicted octanol–water partition coefficient (Wildman–Crippen LogP) is 2.68. The van der Waals surface area contributed by atoms with Crippen LogP contribution in [0.4, 0.5) is 0 Å². The van der Waals surface area contributed by atoms with E-state index in [0.29, 0.717) is 31.3 Å². The number of nitrogens with zero attached hydrogens (tertiary/aromatic N) is 7. The molecule has 2 heterocycles. The van der Waals surface area contributed by atoms with Crippen LogP contribution in [0.1, 0.15) is 37.8 Å². The molecule has 2 aromatic carbocycles. The number of benzene rings is 2. The largest absolute Gasteiger partial charge is 0.323 e. The second kappa shape index (κ2) is 9.59. The van der Waals surface area contributed by atoms with Crippen LogP contribution >= 0.6 is 0 Å². The Kier molecular flexibility index (Phi) is 6.61. The fourth-order valence-corrected chi connectivity index (χ4v) is 5.00. The van der Waals surface area contributed by atoms with Crippen LogP contribution in [0.2, 0.25) is 0 Å². The van der Waals surface area contributed by atoms with Crippen LogP contribution in [0.25, 0.3) is 11.4 Å². The van der Waals surface area contributed by atoms with Gasteiger partial charge in [0.15, 0.2) is 0 Å². The Hall–Kier alpha value is -3.44. The minimum absolute atomic E-state index is 0.0384. The van der Waals surface area contributed by atoms with E-state index in [1.165, 1.54) is 4.31 Å². The van der Waals surface area contributed by atoms with Crippen molar-refractivity contribution in [2.75, 3.05) is 19.6 Å². The molecule has 1 N–H and O–H groups in total. The monoisotopic (exact) mass is 466 g/mol. The molecule has 0 bridgehead atoms. The number of H-pyrrole nitrogens is 1. The Bertz CT molecular complexity index is 1240. The number of hydrogen-bond acceptors (Lipinski definition) is 6. The van der Waals surface area contributed by atoms with Crippen molar-refractivity contribution in [3.8, 4) is 11.4 Å². The molecule has 0 aliphatic carbocycles. The fourth-order valence-electron chi connectivity index (χ4n) is 3.81. The highest BCUT2D eigenvalue weighted by Gasteiger charge is 2.31. The van der Waals surface area contributed by atoms with E-state index in [0.717, 1.165) is 22.4 Å². The normalized spacial score (nSPS) is 17.0. The Morgan fingerprint density at radius 1 is 1.09 bits per heavy atom. The first kappa shape index (κ1) is 22.7. The van der Waals surface area contributed by atoms with Crippen molar-refractivity contribution >= 4 is 21.8 Å². The molecule has 0 saturated heterocycles. The molecule has 3 aromatic rings. The smallest absolute Gasteiger partial charge is 0.250 e. The summed E-state index contributed by atoms with van der Waals surface area (Å²) < 4.78 is 30.7. The standard InChI is InChI=1S/C22H26N8O2S/c1-4-29(5-2)33(31,32)26-16(3)30-15-20(17-9-7-6-8-10-17)21(25-30)18-11-13-19(14-12-18)22-23-27-28-24-22/h6-14,20H,4-5,15H2,1-3H3,(H,23,24,27,28)/b26-16+. The number of amidine groups is 1. The molecule has 10 nitrogen and oxygen atoms in total. The Morgan fingerprint density at radius 2 is 1.76 bits per heavy atom. The van der Waals surface area contributed by atoms with E-state index in [9.17, 15) is 8.42 Å². The molecule has 1 unspecified atom stereocenters. The van der Waals surface area contributed by atoms with Crippen LogP contribution < -0.4 is 0 Å². The summed E-state index contributed by atoms with van der Waals surface area (Å²) in [6.07, 6.45) is 0. The zero-order chi connectivity index (χ0) is 23.4. The van der Waals surface area contributed by atoms with Gasteiger partial charge < -0.3 is 0 Å². The molecular weight excluding hydrogens is 440 g/mol. The minimum Gasteiger partial charge on any atom is -0.250 e. The Labute approximate surface area is 193 Å². The summed E-state index contributed by atoms with van der Waals surface area (Å²) in [6, 6.07) is 17.8. The first-order chi connectivity index (χ1) is 15.9. The Balaban J connectivity index is 1.69. The molecule has 0 amide bonds. The maximum Gasteiger partial charge on any atom is 0.323 e. The highest BCUT2D eigenvalue weighted by molar-refractivity contribution is 7.87. The SMILES string of the molecule is CCN(CC)S(=O)(=O)/N=C(\C)N1CC(c2ccccc2)C(c2ccc(-c3nn[nH]n3)cc2)=N1. The maximum absolute atomic E-state index is 12.7. The van der Waals surface area contributed by atoms with E-state index in [1.807, 2.05) is 42.5 Å². The van der Waals surface area contributed by atoms with Crippen LogP contribution in [-0.4, -0.2) is 69.5 Å². The van der Waals surface area contributed by atoms with Gasteiger partial charge >= 0.3 is 10.2 Å². The molecule has 0 saturated carbocycles. The molecule has 1 aliphatic heterocycles. The topological polar surface area (TPSA) is 120 Å². The van der Waals surface area contributed by atoms with Gasteiger partial charge in [0.25, 0.3) is 0 Å². The van der Waals surface area contributed by atoms with Crippen LogP contribution in [0, 0.1) is 0 Å². The third-order valence-corrected chi connectivity index (χ3v) is 7.22. The van der Waals surface area contributed by atoms with E-state index < -0.39 is 10.2 Å². The average Bonchev–Trinajstić information content (AvgIpc) is 3.51. The van der Waals surface area contributed by atoms with Crippen molar-refractivity contribution in [3.63, 3.8) is 0 Å². The van der Waals surface area contributed by atoms with E-state index >= 15 is 0 Å². The van der Waals surface area contributed by atoms with Crippen LogP contribution in [-0.2, 0) is 10.2 Å². The Morgan fingerprint density at radius 3 is 2.36 bits per heavy atom. The van der Waals surface area contributed by atoms with Gasteiger partial charge in [0.2, 0.25) is 5.82 Å². The van der Waals surface area contributed by atoms with Gasteiger partial charge in [-0.3, -0.25) is 0 Å². The second-order valence-electron chi connectivity index (χ2n) is 7.54. The first-order valence-electron chi connectivity index (χ1n) is 10.7. The number of aromatic amines is 1. The number of tetrazole rings is 1. The van der Waals surface area contributed by atoms with Gasteiger partial charge in [-0.15, -0.1) is 14.6 Å². The van der Waals surface area contributed by atoms with E-state index in [2.05, 4.69) is 37.2 Å². The lowest BCUT2D eigenvalue weighted by atomic mass is 9.90. The van der Waals surface area contributed by atoms with E-state index in [-0.39, 0.29) is 5.92 Å². The molecule has 11 heteroatoms. The van der Waals surface area contributed by atoms with Gasteiger partial charge in [-0.05, 0) is 23.3 Å². The molecule has 1 aromatic heterocycles. The summed E-state index contributed by atoms with van der Waals surface area (Å²) in [6.45, 7) is 6.49. The summed E-state index contributed by atoms with van der Waals surface area (Å²) >= 11 is 0. The first-order valence-corrected chi connectivity index (χ1v) is 12.1. The zero-order valence-corrected chi connectivity index (χ0v) is 19.6.